The summed E-state index contributed by atoms with van der Waals surface area (Å²) >= 11 is 0. The number of aryl methyl sites for hydroxylation is 2. The Morgan fingerprint density at radius 1 is 1.18 bits per heavy atom. The molecule has 0 bridgehead atoms. The Kier molecular flexibility index (Phi) is 6.66. The lowest BCUT2D eigenvalue weighted by Gasteiger charge is -2.17. The maximum Gasteiger partial charge on any atom is 0.189 e. The molecule has 148 valence electrons. The number of fused-ring (bicyclic) bond motifs is 1. The fraction of sp³-hybridized carbons (Fsp3) is 0.364. The molecule has 0 spiro atoms. The molecular weight excluding hydrogens is 354 g/mol. The molecule has 6 heteroatoms. The van der Waals surface area contributed by atoms with Gasteiger partial charge in [0.1, 0.15) is 12.4 Å². The summed E-state index contributed by atoms with van der Waals surface area (Å²) in [7, 11) is 2.01. The van der Waals surface area contributed by atoms with Gasteiger partial charge in [0.25, 0.3) is 0 Å². The summed E-state index contributed by atoms with van der Waals surface area (Å²) in [6.07, 6.45) is 3.60. The van der Waals surface area contributed by atoms with E-state index in [1.165, 1.54) is 0 Å². The van der Waals surface area contributed by atoms with E-state index >= 15 is 0 Å². The predicted molar refractivity (Wildman–Crippen MR) is 111 cm³/mol. The first-order valence-electron chi connectivity index (χ1n) is 9.40. The first kappa shape index (κ1) is 19.9. The summed E-state index contributed by atoms with van der Waals surface area (Å²) in [6.45, 7) is 8.38. The third-order valence-corrected chi connectivity index (χ3v) is 4.66. The Balaban J connectivity index is 1.61. The lowest BCUT2D eigenvalue weighted by atomic mass is 10.0. The van der Waals surface area contributed by atoms with Crippen molar-refractivity contribution in [1.29, 1.82) is 0 Å². The zero-order valence-electron chi connectivity index (χ0n) is 16.9. The predicted octanol–water partition coefficient (Wildman–Crippen LogP) is 4.33. The van der Waals surface area contributed by atoms with E-state index in [0.717, 1.165) is 45.8 Å². The number of benzene rings is 2. The van der Waals surface area contributed by atoms with Crippen molar-refractivity contribution in [2.75, 3.05) is 20.4 Å². The van der Waals surface area contributed by atoms with Crippen molar-refractivity contribution in [2.45, 2.75) is 34.0 Å². The van der Waals surface area contributed by atoms with Crippen LogP contribution in [0.4, 0.5) is 5.69 Å². The number of hydrogen-bond donors (Lipinski definition) is 0. The minimum Gasteiger partial charge on any atom is -0.467 e. The zero-order chi connectivity index (χ0) is 19.9. The Morgan fingerprint density at radius 2 is 2.04 bits per heavy atom. The summed E-state index contributed by atoms with van der Waals surface area (Å²) in [4.78, 5) is 12.1. The highest BCUT2D eigenvalue weighted by Gasteiger charge is 2.10. The minimum absolute atomic E-state index is 0.295. The van der Waals surface area contributed by atoms with Crippen LogP contribution in [0.2, 0.25) is 0 Å². The van der Waals surface area contributed by atoms with Crippen molar-refractivity contribution in [3.05, 3.63) is 58.1 Å². The molecule has 0 saturated carbocycles. The van der Waals surface area contributed by atoms with Gasteiger partial charge in [-0.1, -0.05) is 17.3 Å². The van der Waals surface area contributed by atoms with Gasteiger partial charge in [-0.25, -0.2) is 4.99 Å². The van der Waals surface area contributed by atoms with Gasteiger partial charge in [-0.05, 0) is 61.2 Å². The van der Waals surface area contributed by atoms with E-state index in [0.29, 0.717) is 20.0 Å². The summed E-state index contributed by atoms with van der Waals surface area (Å²) < 4.78 is 10.7. The molecule has 3 rings (SSSR count). The second-order valence-electron chi connectivity index (χ2n) is 6.87. The van der Waals surface area contributed by atoms with Crippen LogP contribution in [0.25, 0.3) is 0 Å². The molecule has 28 heavy (non-hydrogen) atoms. The third kappa shape index (κ3) is 5.10. The number of nitrogens with zero attached hydrogens (tertiary/aromatic N) is 3. The monoisotopic (exact) mass is 381 g/mol. The lowest BCUT2D eigenvalue weighted by molar-refractivity contribution is -0.0165. The van der Waals surface area contributed by atoms with E-state index in [1.54, 1.807) is 6.21 Å². The number of oxime groups is 1. The minimum atomic E-state index is 0.295. The number of rotatable bonds is 7. The van der Waals surface area contributed by atoms with Crippen LogP contribution in [0.3, 0.4) is 0 Å². The van der Waals surface area contributed by atoms with Gasteiger partial charge in [0, 0.05) is 19.2 Å². The molecule has 1 aliphatic rings. The Hall–Kier alpha value is -2.86. The van der Waals surface area contributed by atoms with Gasteiger partial charge in [0.15, 0.2) is 6.79 Å². The van der Waals surface area contributed by atoms with E-state index in [1.807, 2.05) is 50.3 Å². The topological polar surface area (TPSA) is 55.7 Å². The van der Waals surface area contributed by atoms with Crippen LogP contribution in [0.1, 0.15) is 34.7 Å². The van der Waals surface area contributed by atoms with E-state index in [2.05, 4.69) is 29.2 Å². The molecule has 0 aromatic heterocycles. The van der Waals surface area contributed by atoms with Gasteiger partial charge in [0.05, 0.1) is 24.8 Å². The van der Waals surface area contributed by atoms with Crippen LogP contribution in [-0.4, -0.2) is 37.8 Å². The molecule has 1 aliphatic heterocycles. The summed E-state index contributed by atoms with van der Waals surface area (Å²) in [5.41, 5.74) is 6.25. The van der Waals surface area contributed by atoms with Crippen LogP contribution in [0.15, 0.2) is 40.5 Å². The molecular formula is C22H27N3O3. The maximum absolute atomic E-state index is 5.49. The SMILES string of the molecule is CCN(C)C=Nc1cc(C)c(/C=N/OCc2ccc3c(c2)OCOC3)cc1C. The number of hydrogen-bond acceptors (Lipinski definition) is 5. The first-order valence-corrected chi connectivity index (χ1v) is 9.40. The van der Waals surface area contributed by atoms with E-state index in [-0.39, 0.29) is 0 Å². The quantitative estimate of drug-likeness (QED) is 0.407. The smallest absolute Gasteiger partial charge is 0.189 e. The molecule has 0 radical (unpaired) electrons. The molecule has 1 heterocycles. The van der Waals surface area contributed by atoms with Gasteiger partial charge >= 0.3 is 0 Å². The maximum atomic E-state index is 5.49. The van der Waals surface area contributed by atoms with Gasteiger partial charge in [-0.3, -0.25) is 0 Å². The van der Waals surface area contributed by atoms with Crippen molar-refractivity contribution in [3.63, 3.8) is 0 Å². The summed E-state index contributed by atoms with van der Waals surface area (Å²) in [6, 6.07) is 10.1. The normalized spacial score (nSPS) is 13.6. The highest BCUT2D eigenvalue weighted by Crippen LogP contribution is 2.25. The van der Waals surface area contributed by atoms with Crippen molar-refractivity contribution in [2.24, 2.45) is 10.1 Å². The van der Waals surface area contributed by atoms with Gasteiger partial charge < -0.3 is 19.2 Å². The molecule has 0 saturated heterocycles. The Labute approximate surface area is 166 Å². The van der Waals surface area contributed by atoms with Crippen LogP contribution < -0.4 is 4.74 Å². The van der Waals surface area contributed by atoms with Crippen molar-refractivity contribution >= 4 is 18.2 Å². The third-order valence-electron chi connectivity index (χ3n) is 4.66. The Bertz CT molecular complexity index is 878. The Morgan fingerprint density at radius 3 is 2.86 bits per heavy atom. The molecule has 0 N–H and O–H groups in total. The highest BCUT2D eigenvalue weighted by atomic mass is 16.7. The van der Waals surface area contributed by atoms with Crippen molar-refractivity contribution in [1.82, 2.24) is 4.90 Å². The van der Waals surface area contributed by atoms with Gasteiger partial charge in [0.2, 0.25) is 0 Å². The largest absolute Gasteiger partial charge is 0.467 e. The number of ether oxygens (including phenoxy) is 2. The molecule has 0 amide bonds. The molecule has 2 aromatic rings. The standard InChI is InChI=1S/C22H27N3O3/c1-5-25(4)14-23-21-9-16(2)20(8-17(21)3)11-24-28-12-18-6-7-19-13-26-15-27-22(19)10-18/h6-11,14H,5,12-13,15H2,1-4H3/b23-14?,24-11+. The molecule has 0 unspecified atom stereocenters. The molecule has 6 nitrogen and oxygen atoms in total. The van der Waals surface area contributed by atoms with E-state index < -0.39 is 0 Å². The molecule has 0 atom stereocenters. The molecule has 0 fully saturated rings. The second kappa shape index (κ2) is 9.37. The van der Waals surface area contributed by atoms with Crippen LogP contribution in [0.5, 0.6) is 5.75 Å². The average molecular weight is 381 g/mol. The van der Waals surface area contributed by atoms with Gasteiger partial charge in [-0.15, -0.1) is 0 Å². The lowest BCUT2D eigenvalue weighted by Crippen LogP contribution is -2.14. The average Bonchev–Trinajstić information content (AvgIpc) is 2.71. The fourth-order valence-corrected chi connectivity index (χ4v) is 2.75. The number of aliphatic imine (C=N–C) groups is 1. The van der Waals surface area contributed by atoms with Crippen LogP contribution in [-0.2, 0) is 22.8 Å². The summed E-state index contributed by atoms with van der Waals surface area (Å²) in [5.74, 6) is 0.854. The second-order valence-corrected chi connectivity index (χ2v) is 6.87. The first-order chi connectivity index (χ1) is 13.6. The highest BCUT2D eigenvalue weighted by molar-refractivity contribution is 5.83. The van der Waals surface area contributed by atoms with Crippen molar-refractivity contribution in [3.8, 4) is 5.75 Å². The van der Waals surface area contributed by atoms with E-state index in [9.17, 15) is 0 Å². The zero-order valence-corrected chi connectivity index (χ0v) is 16.9. The molecule has 2 aromatic carbocycles. The van der Waals surface area contributed by atoms with Crippen molar-refractivity contribution < 1.29 is 14.3 Å². The van der Waals surface area contributed by atoms with E-state index in [4.69, 9.17) is 14.3 Å². The summed E-state index contributed by atoms with van der Waals surface area (Å²) in [5, 5.41) is 4.13. The van der Waals surface area contributed by atoms with Crippen LogP contribution >= 0.6 is 0 Å². The van der Waals surface area contributed by atoms with Crippen LogP contribution in [0, 0.1) is 13.8 Å². The van der Waals surface area contributed by atoms with Gasteiger partial charge in [-0.2, -0.15) is 0 Å². The molecule has 0 aliphatic carbocycles. The fourth-order valence-electron chi connectivity index (χ4n) is 2.75.